The summed E-state index contributed by atoms with van der Waals surface area (Å²) in [4.78, 5) is 55.5. The molecule has 1 saturated heterocycles. The molecule has 8 nitrogen and oxygen atoms in total. The van der Waals surface area contributed by atoms with Gasteiger partial charge in [0, 0.05) is 24.7 Å². The van der Waals surface area contributed by atoms with Crippen molar-refractivity contribution in [3.63, 3.8) is 0 Å². The molecule has 0 radical (unpaired) electrons. The van der Waals surface area contributed by atoms with E-state index in [1.807, 2.05) is 66.7 Å². The van der Waals surface area contributed by atoms with Gasteiger partial charge in [-0.25, -0.2) is 9.59 Å². The van der Waals surface area contributed by atoms with Crippen molar-refractivity contribution in [3.05, 3.63) is 108 Å². The van der Waals surface area contributed by atoms with Gasteiger partial charge in [0.2, 0.25) is 0 Å². The highest BCUT2D eigenvalue weighted by Crippen LogP contribution is 2.68. The Balaban J connectivity index is 1.17. The number of ether oxygens (including phenoxy) is 4. The lowest BCUT2D eigenvalue weighted by Crippen LogP contribution is -2.66. The van der Waals surface area contributed by atoms with Crippen LogP contribution in [-0.2, 0) is 35.1 Å². The Morgan fingerprint density at radius 1 is 0.724 bits per heavy atom. The summed E-state index contributed by atoms with van der Waals surface area (Å²) in [6.45, 7) is 11.5. The molecule has 5 aliphatic rings. The minimum atomic E-state index is -0.719. The van der Waals surface area contributed by atoms with E-state index in [-0.39, 0.29) is 82.2 Å². The van der Waals surface area contributed by atoms with Gasteiger partial charge >= 0.3 is 17.9 Å². The standard InChI is InChI=1S/C50H60O8/c1-30(2)35-25-41(57-42(52)26-35)31(3)38-28-40(51)44-43-37(22-24-50(38,44)5)49(4)23-21-36(56-47(53)33-17-11-7-12-18-33)27-39(49)45(55-29-32-15-9-6-10-16-32)46(43)58-48(54)34-19-13-8-14-20-34/h6-20,30-31,35-39,41,43-46H,21-29H2,1-5H3/t31?,35?,36?,37?,38?,39?,41?,43?,44?,45?,46?,49-,50-/m1/s1. The third-order valence-corrected chi connectivity index (χ3v) is 15.7. The smallest absolute Gasteiger partial charge is 0.338 e. The van der Waals surface area contributed by atoms with Crippen molar-refractivity contribution in [2.45, 2.75) is 117 Å². The molecule has 58 heavy (non-hydrogen) atoms. The molecule has 13 atom stereocenters. The molecule has 5 fully saturated rings. The fourth-order valence-corrected chi connectivity index (χ4v) is 12.5. The van der Waals surface area contributed by atoms with E-state index in [1.165, 1.54) is 0 Å². The predicted octanol–water partition coefficient (Wildman–Crippen LogP) is 9.69. The van der Waals surface area contributed by atoms with Crippen molar-refractivity contribution in [1.29, 1.82) is 0 Å². The number of esters is 3. The molecule has 4 saturated carbocycles. The first-order valence-corrected chi connectivity index (χ1v) is 21.8. The minimum absolute atomic E-state index is 0.00175. The van der Waals surface area contributed by atoms with Gasteiger partial charge in [0.25, 0.3) is 0 Å². The van der Waals surface area contributed by atoms with Crippen molar-refractivity contribution in [2.24, 2.45) is 58.2 Å². The number of cyclic esters (lactones) is 1. The Morgan fingerprint density at radius 3 is 1.97 bits per heavy atom. The van der Waals surface area contributed by atoms with E-state index in [9.17, 15) is 19.2 Å². The molecule has 1 aliphatic heterocycles. The maximum Gasteiger partial charge on any atom is 0.338 e. The van der Waals surface area contributed by atoms with Gasteiger partial charge in [-0.3, -0.25) is 9.59 Å². The lowest BCUT2D eigenvalue weighted by Gasteiger charge is -2.64. The summed E-state index contributed by atoms with van der Waals surface area (Å²) in [5.41, 5.74) is 1.31. The van der Waals surface area contributed by atoms with Gasteiger partial charge in [0.1, 0.15) is 24.1 Å². The quantitative estimate of drug-likeness (QED) is 0.148. The maximum absolute atomic E-state index is 14.9. The Hall–Kier alpha value is -4.30. The summed E-state index contributed by atoms with van der Waals surface area (Å²) in [6.07, 6.45) is 3.61. The zero-order chi connectivity index (χ0) is 40.8. The molecule has 0 N–H and O–H groups in total. The molecule has 4 aliphatic carbocycles. The molecule has 3 aromatic carbocycles. The number of carbonyl (C=O) groups is 4. The van der Waals surface area contributed by atoms with Crippen LogP contribution in [0.5, 0.6) is 0 Å². The largest absolute Gasteiger partial charge is 0.462 e. The maximum atomic E-state index is 14.9. The zero-order valence-corrected chi connectivity index (χ0v) is 34.7. The average Bonchev–Trinajstić information content (AvgIpc) is 3.51. The van der Waals surface area contributed by atoms with Crippen LogP contribution in [0, 0.1) is 58.2 Å². The summed E-state index contributed by atoms with van der Waals surface area (Å²) in [7, 11) is 0. The number of Topliss-reactive ketones (excluding diaryl/α,β-unsaturated/α-hetero) is 1. The van der Waals surface area contributed by atoms with Gasteiger partial charge in [-0.2, -0.15) is 0 Å². The van der Waals surface area contributed by atoms with E-state index in [1.54, 1.807) is 24.3 Å². The SMILES string of the molecule is CC(C)C1CC(=O)OC(C(C)C2CC(=O)C3C4C(OC(=O)c5ccccc5)C(OCc5ccccc5)C5CC(OC(=O)c6ccccc6)CC[C@]5(C)C4CC[C@]23C)C1. The number of benzene rings is 3. The van der Waals surface area contributed by atoms with E-state index < -0.39 is 18.2 Å². The predicted molar refractivity (Wildman–Crippen MR) is 219 cm³/mol. The topological polar surface area (TPSA) is 105 Å². The van der Waals surface area contributed by atoms with Gasteiger partial charge in [0.15, 0.2) is 0 Å². The number of hydrogen-bond donors (Lipinski definition) is 0. The second-order valence-electron chi connectivity index (χ2n) is 19.1. The lowest BCUT2D eigenvalue weighted by atomic mass is 9.43. The van der Waals surface area contributed by atoms with Crippen LogP contribution in [0.15, 0.2) is 91.0 Å². The third-order valence-electron chi connectivity index (χ3n) is 15.7. The van der Waals surface area contributed by atoms with Crippen LogP contribution in [0.1, 0.15) is 112 Å². The fraction of sp³-hybridized carbons (Fsp3) is 0.560. The molecule has 308 valence electrons. The molecule has 1 heterocycles. The van der Waals surface area contributed by atoms with Crippen LogP contribution < -0.4 is 0 Å². The molecular weight excluding hydrogens is 729 g/mol. The van der Waals surface area contributed by atoms with Crippen molar-refractivity contribution in [3.8, 4) is 0 Å². The average molecular weight is 789 g/mol. The van der Waals surface area contributed by atoms with Gasteiger partial charge in [-0.05, 0) is 115 Å². The molecule has 0 spiro atoms. The monoisotopic (exact) mass is 788 g/mol. The molecule has 0 amide bonds. The molecule has 0 aromatic heterocycles. The first kappa shape index (κ1) is 40.5. The first-order valence-electron chi connectivity index (χ1n) is 21.8. The van der Waals surface area contributed by atoms with E-state index >= 15 is 0 Å². The Kier molecular flexibility index (Phi) is 11.4. The number of ketones is 1. The number of rotatable bonds is 10. The van der Waals surface area contributed by atoms with Crippen LogP contribution in [-0.4, -0.2) is 48.1 Å². The normalized spacial score (nSPS) is 36.2. The third kappa shape index (κ3) is 7.55. The Bertz CT molecular complexity index is 1950. The van der Waals surface area contributed by atoms with Crippen LogP contribution in [0.25, 0.3) is 0 Å². The van der Waals surface area contributed by atoms with Crippen molar-refractivity contribution in [2.75, 3.05) is 0 Å². The molecule has 0 bridgehead atoms. The second-order valence-corrected chi connectivity index (χ2v) is 19.1. The number of hydrogen-bond acceptors (Lipinski definition) is 8. The van der Waals surface area contributed by atoms with Crippen LogP contribution in [0.4, 0.5) is 0 Å². The highest BCUT2D eigenvalue weighted by atomic mass is 16.6. The van der Waals surface area contributed by atoms with E-state index in [4.69, 9.17) is 18.9 Å². The molecule has 8 heteroatoms. The van der Waals surface area contributed by atoms with E-state index in [0.29, 0.717) is 49.3 Å². The second kappa shape index (κ2) is 16.4. The van der Waals surface area contributed by atoms with Crippen LogP contribution in [0.2, 0.25) is 0 Å². The summed E-state index contributed by atoms with van der Waals surface area (Å²) >= 11 is 0. The van der Waals surface area contributed by atoms with Gasteiger partial charge < -0.3 is 18.9 Å². The fourth-order valence-electron chi connectivity index (χ4n) is 12.5. The van der Waals surface area contributed by atoms with Crippen molar-refractivity contribution in [1.82, 2.24) is 0 Å². The van der Waals surface area contributed by atoms with Crippen LogP contribution >= 0.6 is 0 Å². The number of fused-ring (bicyclic) bond motifs is 5. The molecule has 11 unspecified atom stereocenters. The summed E-state index contributed by atoms with van der Waals surface area (Å²) in [5, 5.41) is 0. The summed E-state index contributed by atoms with van der Waals surface area (Å²) < 4.78 is 26.2. The van der Waals surface area contributed by atoms with Crippen molar-refractivity contribution < 1.29 is 38.1 Å². The van der Waals surface area contributed by atoms with Gasteiger partial charge in [-0.1, -0.05) is 101 Å². The Labute approximate surface area is 343 Å². The minimum Gasteiger partial charge on any atom is -0.462 e. The number of carbonyl (C=O) groups excluding carboxylic acids is 4. The highest BCUT2D eigenvalue weighted by Gasteiger charge is 2.69. The zero-order valence-electron chi connectivity index (χ0n) is 34.7. The van der Waals surface area contributed by atoms with E-state index in [2.05, 4.69) is 34.6 Å². The first-order chi connectivity index (χ1) is 27.9. The van der Waals surface area contributed by atoms with Crippen molar-refractivity contribution >= 4 is 23.7 Å². The Morgan fingerprint density at radius 2 is 1.33 bits per heavy atom. The van der Waals surface area contributed by atoms with Crippen LogP contribution in [0.3, 0.4) is 0 Å². The molecule has 8 rings (SSSR count). The lowest BCUT2D eigenvalue weighted by molar-refractivity contribution is -0.237. The summed E-state index contributed by atoms with van der Waals surface area (Å²) in [5.74, 6) is -0.738. The highest BCUT2D eigenvalue weighted by molar-refractivity contribution is 5.90. The summed E-state index contributed by atoms with van der Waals surface area (Å²) in [6, 6.07) is 28.2. The van der Waals surface area contributed by atoms with E-state index in [0.717, 1.165) is 31.2 Å². The van der Waals surface area contributed by atoms with Gasteiger partial charge in [-0.15, -0.1) is 0 Å². The van der Waals surface area contributed by atoms with Gasteiger partial charge in [0.05, 0.1) is 23.8 Å². The molecular formula is C50H60O8. The molecule has 3 aromatic rings.